The van der Waals surface area contributed by atoms with Crippen LogP contribution in [-0.2, 0) is 16.0 Å². The van der Waals surface area contributed by atoms with Crippen molar-refractivity contribution in [3.8, 4) is 0 Å². The van der Waals surface area contributed by atoms with Gasteiger partial charge in [-0.05, 0) is 38.8 Å². The number of para-hydroxylation sites is 1. The second-order valence-corrected chi connectivity index (χ2v) is 6.27. The summed E-state index contributed by atoms with van der Waals surface area (Å²) in [6.07, 6.45) is 0.346. The fraction of sp³-hybridized carbons (Fsp3) is 0.500. The van der Waals surface area contributed by atoms with Crippen molar-refractivity contribution in [2.45, 2.75) is 45.8 Å². The number of nitrogens with zero attached hydrogens (tertiary/aromatic N) is 1. The lowest BCUT2D eigenvalue weighted by molar-refractivity contribution is -0.119. The molecule has 1 aromatic carbocycles. The van der Waals surface area contributed by atoms with E-state index in [1.165, 1.54) is 6.92 Å². The average Bonchev–Trinajstić information content (AvgIpc) is 2.72. The highest BCUT2D eigenvalue weighted by atomic mass is 16.6. The summed E-state index contributed by atoms with van der Waals surface area (Å²) in [5, 5.41) is 2.78. The van der Waals surface area contributed by atoms with Gasteiger partial charge in [0.05, 0.1) is 11.7 Å². The van der Waals surface area contributed by atoms with Gasteiger partial charge < -0.3 is 10.1 Å². The number of rotatable bonds is 2. The second-order valence-electron chi connectivity index (χ2n) is 6.27. The molecule has 2 rings (SSSR count). The van der Waals surface area contributed by atoms with Gasteiger partial charge in [0.15, 0.2) is 0 Å². The Morgan fingerprint density at radius 1 is 1.33 bits per heavy atom. The Bertz CT molecular complexity index is 549. The summed E-state index contributed by atoms with van der Waals surface area (Å²) in [5.41, 5.74) is 1.41. The molecule has 0 saturated carbocycles. The van der Waals surface area contributed by atoms with Gasteiger partial charge in [0.25, 0.3) is 0 Å². The molecule has 21 heavy (non-hydrogen) atoms. The minimum atomic E-state index is -0.548. The predicted molar refractivity (Wildman–Crippen MR) is 81.3 cm³/mol. The van der Waals surface area contributed by atoms with Gasteiger partial charge >= 0.3 is 6.09 Å². The molecule has 1 heterocycles. The molecule has 1 aliphatic heterocycles. The van der Waals surface area contributed by atoms with E-state index in [0.29, 0.717) is 6.54 Å². The van der Waals surface area contributed by atoms with Gasteiger partial charge in [0, 0.05) is 13.5 Å². The smallest absolute Gasteiger partial charge is 0.415 e. The lowest BCUT2D eigenvalue weighted by Crippen LogP contribution is -2.46. The van der Waals surface area contributed by atoms with E-state index in [4.69, 9.17) is 4.74 Å². The Kier molecular flexibility index (Phi) is 4.21. The summed E-state index contributed by atoms with van der Waals surface area (Å²) < 4.78 is 5.49. The van der Waals surface area contributed by atoms with Crippen molar-refractivity contribution < 1.29 is 14.3 Å². The molecule has 1 aromatic rings. The number of carbonyl (C=O) groups is 2. The monoisotopic (exact) mass is 290 g/mol. The largest absolute Gasteiger partial charge is 0.443 e. The van der Waals surface area contributed by atoms with Crippen LogP contribution in [0.15, 0.2) is 24.3 Å². The van der Waals surface area contributed by atoms with E-state index < -0.39 is 5.60 Å². The molecular weight excluding hydrogens is 268 g/mol. The standard InChI is InChI=1S/C16H22N2O3/c1-11(19)17-10-13-9-12-7-5-6-8-14(12)18(13)15(20)21-16(2,3)4/h5-8,13H,9-10H2,1-4H3,(H,17,19)/t13-/m1/s1. The van der Waals surface area contributed by atoms with E-state index >= 15 is 0 Å². The van der Waals surface area contributed by atoms with Crippen LogP contribution in [0.1, 0.15) is 33.3 Å². The molecule has 0 saturated heterocycles. The molecule has 5 nitrogen and oxygen atoms in total. The number of ether oxygens (including phenoxy) is 1. The highest BCUT2D eigenvalue weighted by Crippen LogP contribution is 2.33. The molecule has 0 aromatic heterocycles. The third-order valence-electron chi connectivity index (χ3n) is 3.25. The fourth-order valence-corrected chi connectivity index (χ4v) is 2.44. The number of fused-ring (bicyclic) bond motifs is 1. The van der Waals surface area contributed by atoms with Crippen molar-refractivity contribution in [1.29, 1.82) is 0 Å². The van der Waals surface area contributed by atoms with Gasteiger partial charge in [0.1, 0.15) is 5.60 Å². The van der Waals surface area contributed by atoms with Gasteiger partial charge in [-0.2, -0.15) is 0 Å². The number of anilines is 1. The third kappa shape index (κ3) is 3.74. The SMILES string of the molecule is CC(=O)NC[C@H]1Cc2ccccc2N1C(=O)OC(C)(C)C. The van der Waals surface area contributed by atoms with E-state index in [-0.39, 0.29) is 18.0 Å². The molecular formula is C16H22N2O3. The molecule has 1 atom stereocenters. The van der Waals surface area contributed by atoms with Crippen LogP contribution in [0.4, 0.5) is 10.5 Å². The van der Waals surface area contributed by atoms with Crippen LogP contribution in [0.25, 0.3) is 0 Å². The third-order valence-corrected chi connectivity index (χ3v) is 3.25. The van der Waals surface area contributed by atoms with Crippen molar-refractivity contribution in [3.05, 3.63) is 29.8 Å². The Labute approximate surface area is 125 Å². The maximum Gasteiger partial charge on any atom is 0.415 e. The van der Waals surface area contributed by atoms with Crippen LogP contribution in [0.5, 0.6) is 0 Å². The highest BCUT2D eigenvalue weighted by Gasteiger charge is 2.36. The molecule has 0 fully saturated rings. The molecule has 0 unspecified atom stereocenters. The molecule has 0 spiro atoms. The topological polar surface area (TPSA) is 58.6 Å². The summed E-state index contributed by atoms with van der Waals surface area (Å²) in [4.78, 5) is 25.3. The van der Waals surface area contributed by atoms with Gasteiger partial charge in [0.2, 0.25) is 5.91 Å². The first-order chi connectivity index (χ1) is 9.78. The molecule has 1 N–H and O–H groups in total. The average molecular weight is 290 g/mol. The number of carbonyl (C=O) groups excluding carboxylic acids is 2. The number of nitrogens with one attached hydrogen (secondary N) is 1. The van der Waals surface area contributed by atoms with Gasteiger partial charge in [-0.25, -0.2) is 4.79 Å². The quantitative estimate of drug-likeness (QED) is 0.910. The van der Waals surface area contributed by atoms with E-state index in [1.54, 1.807) is 4.90 Å². The first-order valence-electron chi connectivity index (χ1n) is 7.12. The molecule has 0 radical (unpaired) electrons. The van der Waals surface area contributed by atoms with E-state index in [9.17, 15) is 9.59 Å². The zero-order chi connectivity index (χ0) is 15.6. The van der Waals surface area contributed by atoms with E-state index in [0.717, 1.165) is 17.7 Å². The first kappa shape index (κ1) is 15.4. The van der Waals surface area contributed by atoms with Crippen LogP contribution in [-0.4, -0.2) is 30.2 Å². The zero-order valence-electron chi connectivity index (χ0n) is 13.0. The van der Waals surface area contributed by atoms with Crippen LogP contribution in [0, 0.1) is 0 Å². The Balaban J connectivity index is 2.22. The minimum absolute atomic E-state index is 0.102. The normalized spacial score (nSPS) is 17.3. The number of hydrogen-bond donors (Lipinski definition) is 1. The van der Waals surface area contributed by atoms with Gasteiger partial charge in [-0.3, -0.25) is 9.69 Å². The summed E-state index contributed by atoms with van der Waals surface area (Å²) in [7, 11) is 0. The number of benzene rings is 1. The lowest BCUT2D eigenvalue weighted by atomic mass is 10.1. The molecule has 5 heteroatoms. The molecule has 0 bridgehead atoms. The molecule has 114 valence electrons. The van der Waals surface area contributed by atoms with Crippen LogP contribution >= 0.6 is 0 Å². The van der Waals surface area contributed by atoms with Crippen LogP contribution in [0.2, 0.25) is 0 Å². The summed E-state index contributed by atoms with van der Waals surface area (Å²) in [6.45, 7) is 7.42. The van der Waals surface area contributed by atoms with Crippen molar-refractivity contribution in [2.75, 3.05) is 11.4 Å². The predicted octanol–water partition coefficient (Wildman–Crippen LogP) is 2.49. The Hall–Kier alpha value is -2.04. The maximum absolute atomic E-state index is 12.5. The van der Waals surface area contributed by atoms with Gasteiger partial charge in [-0.15, -0.1) is 0 Å². The lowest BCUT2D eigenvalue weighted by Gasteiger charge is -2.29. The van der Waals surface area contributed by atoms with E-state index in [1.807, 2.05) is 45.0 Å². The van der Waals surface area contributed by atoms with Crippen molar-refractivity contribution in [3.63, 3.8) is 0 Å². The number of hydrogen-bond acceptors (Lipinski definition) is 3. The summed E-state index contributed by atoms with van der Waals surface area (Å²) in [5.74, 6) is -0.102. The van der Waals surface area contributed by atoms with Crippen LogP contribution in [0.3, 0.4) is 0 Å². The first-order valence-corrected chi connectivity index (χ1v) is 7.12. The maximum atomic E-state index is 12.5. The summed E-state index contributed by atoms with van der Waals surface area (Å²) in [6, 6.07) is 7.65. The molecule has 2 amide bonds. The minimum Gasteiger partial charge on any atom is -0.443 e. The van der Waals surface area contributed by atoms with Gasteiger partial charge in [-0.1, -0.05) is 18.2 Å². The van der Waals surface area contributed by atoms with Crippen molar-refractivity contribution >= 4 is 17.7 Å². The van der Waals surface area contributed by atoms with Crippen molar-refractivity contribution in [2.24, 2.45) is 0 Å². The number of amides is 2. The molecule has 0 aliphatic carbocycles. The fourth-order valence-electron chi connectivity index (χ4n) is 2.44. The molecule has 1 aliphatic rings. The highest BCUT2D eigenvalue weighted by molar-refractivity contribution is 5.91. The summed E-state index contributed by atoms with van der Waals surface area (Å²) >= 11 is 0. The second kappa shape index (κ2) is 5.76. The Morgan fingerprint density at radius 3 is 2.62 bits per heavy atom. The van der Waals surface area contributed by atoms with Crippen LogP contribution < -0.4 is 10.2 Å². The van der Waals surface area contributed by atoms with E-state index in [2.05, 4.69) is 5.32 Å². The zero-order valence-corrected chi connectivity index (χ0v) is 13.0. The Morgan fingerprint density at radius 2 is 2.00 bits per heavy atom. The van der Waals surface area contributed by atoms with Crippen molar-refractivity contribution in [1.82, 2.24) is 5.32 Å².